The van der Waals surface area contributed by atoms with Gasteiger partial charge in [-0.3, -0.25) is 15.0 Å². The largest absolute Gasteiger partial charge is 0.481 e. The maximum atomic E-state index is 11.0. The monoisotopic (exact) mass is 290 g/mol. The summed E-state index contributed by atoms with van der Waals surface area (Å²) in [5.74, 6) is -4.56. The Balaban J connectivity index is 4.69. The van der Waals surface area contributed by atoms with Crippen LogP contribution in [0.15, 0.2) is 0 Å². The van der Waals surface area contributed by atoms with Crippen LogP contribution in [-0.4, -0.2) is 62.7 Å². The molecule has 0 saturated carbocycles. The second kappa shape index (κ2) is 7.94. The minimum absolute atomic E-state index is 0.0541. The van der Waals surface area contributed by atoms with Gasteiger partial charge in [0.15, 0.2) is 5.96 Å². The van der Waals surface area contributed by atoms with Gasteiger partial charge in [0.25, 0.3) is 0 Å². The Hall–Kier alpha value is -2.36. The van der Waals surface area contributed by atoms with Crippen molar-refractivity contribution < 1.29 is 29.7 Å². The number of nitrogens with one attached hydrogen (secondary N) is 1. The van der Waals surface area contributed by atoms with Crippen molar-refractivity contribution in [2.45, 2.75) is 31.3 Å². The van der Waals surface area contributed by atoms with E-state index in [2.05, 4.69) is 0 Å². The Morgan fingerprint density at radius 3 is 2.05 bits per heavy atom. The topological polar surface area (TPSA) is 191 Å². The third-order valence-corrected chi connectivity index (χ3v) is 2.57. The average molecular weight is 290 g/mol. The standard InChI is InChI=1S/C10H18N4O6/c11-5(8(17)18)2-1-3-14(10(12)13)6(9(19)20)4-7(15)16/h5-6H,1-4,11H2,(H3,12,13)(H,15,16)(H,17,18)(H,19,20)/t5-,6-/m0/s1. The lowest BCUT2D eigenvalue weighted by atomic mass is 10.1. The van der Waals surface area contributed by atoms with Crippen LogP contribution in [0.2, 0.25) is 0 Å². The maximum Gasteiger partial charge on any atom is 0.327 e. The predicted molar refractivity (Wildman–Crippen MR) is 67.1 cm³/mol. The van der Waals surface area contributed by atoms with Gasteiger partial charge in [0.2, 0.25) is 0 Å². The molecule has 0 rings (SSSR count). The molecule has 2 atom stereocenters. The predicted octanol–water partition coefficient (Wildman–Crippen LogP) is -1.70. The lowest BCUT2D eigenvalue weighted by Gasteiger charge is -2.28. The third-order valence-electron chi connectivity index (χ3n) is 2.57. The number of hydrogen-bond donors (Lipinski definition) is 6. The van der Waals surface area contributed by atoms with Crippen molar-refractivity contribution in [1.29, 1.82) is 5.41 Å². The smallest absolute Gasteiger partial charge is 0.327 e. The van der Waals surface area contributed by atoms with Gasteiger partial charge in [0.1, 0.15) is 12.1 Å². The lowest BCUT2D eigenvalue weighted by Crippen LogP contribution is -2.49. The molecule has 0 bridgehead atoms. The molecular weight excluding hydrogens is 272 g/mol. The fourth-order valence-corrected chi connectivity index (χ4v) is 1.55. The molecule has 20 heavy (non-hydrogen) atoms. The van der Waals surface area contributed by atoms with E-state index in [-0.39, 0.29) is 19.4 Å². The molecule has 10 nitrogen and oxygen atoms in total. The summed E-state index contributed by atoms with van der Waals surface area (Å²) in [6.07, 6.45) is -0.505. The molecule has 0 amide bonds. The molecule has 0 aromatic rings. The molecule has 0 spiro atoms. The number of nitrogens with zero attached hydrogens (tertiary/aromatic N) is 1. The summed E-state index contributed by atoms with van der Waals surface area (Å²) in [6, 6.07) is -2.59. The second-order valence-electron chi connectivity index (χ2n) is 4.12. The Morgan fingerprint density at radius 2 is 1.70 bits per heavy atom. The highest BCUT2D eigenvalue weighted by Gasteiger charge is 2.29. The Bertz CT molecular complexity index is 399. The zero-order valence-electron chi connectivity index (χ0n) is 10.7. The molecule has 0 aliphatic rings. The van der Waals surface area contributed by atoms with E-state index in [4.69, 9.17) is 32.2 Å². The van der Waals surface area contributed by atoms with E-state index in [1.54, 1.807) is 0 Å². The van der Waals surface area contributed by atoms with Gasteiger partial charge in [0.05, 0.1) is 6.42 Å². The van der Waals surface area contributed by atoms with Crippen molar-refractivity contribution in [2.75, 3.05) is 6.54 Å². The molecule has 0 heterocycles. The summed E-state index contributed by atoms with van der Waals surface area (Å²) < 4.78 is 0. The summed E-state index contributed by atoms with van der Waals surface area (Å²) in [5.41, 5.74) is 10.5. The molecule has 10 heteroatoms. The van der Waals surface area contributed by atoms with Gasteiger partial charge >= 0.3 is 17.9 Å². The van der Waals surface area contributed by atoms with E-state index in [1.165, 1.54) is 0 Å². The summed E-state index contributed by atoms with van der Waals surface area (Å²) >= 11 is 0. The van der Waals surface area contributed by atoms with Gasteiger partial charge in [-0.2, -0.15) is 0 Å². The number of nitrogens with two attached hydrogens (primary N) is 2. The number of hydrogen-bond acceptors (Lipinski definition) is 5. The molecule has 0 aromatic heterocycles. The van der Waals surface area contributed by atoms with Gasteiger partial charge in [-0.1, -0.05) is 0 Å². The first kappa shape index (κ1) is 17.6. The van der Waals surface area contributed by atoms with E-state index >= 15 is 0 Å². The van der Waals surface area contributed by atoms with Crippen LogP contribution < -0.4 is 11.5 Å². The Morgan fingerprint density at radius 1 is 1.15 bits per heavy atom. The number of rotatable bonds is 9. The van der Waals surface area contributed by atoms with E-state index in [0.717, 1.165) is 4.90 Å². The van der Waals surface area contributed by atoms with Crippen LogP contribution in [0, 0.1) is 5.41 Å². The van der Waals surface area contributed by atoms with E-state index in [1.807, 2.05) is 0 Å². The van der Waals surface area contributed by atoms with E-state index < -0.39 is 42.4 Å². The van der Waals surface area contributed by atoms with E-state index in [9.17, 15) is 14.4 Å². The second-order valence-corrected chi connectivity index (χ2v) is 4.12. The van der Waals surface area contributed by atoms with Crippen molar-refractivity contribution in [1.82, 2.24) is 4.90 Å². The summed E-state index contributed by atoms with van der Waals surface area (Å²) in [7, 11) is 0. The first-order valence-electron chi connectivity index (χ1n) is 5.70. The molecule has 0 fully saturated rings. The quantitative estimate of drug-likeness (QED) is 0.212. The molecule has 0 aliphatic carbocycles. The van der Waals surface area contributed by atoms with Gasteiger partial charge < -0.3 is 31.7 Å². The van der Waals surface area contributed by atoms with E-state index in [0.29, 0.717) is 0 Å². The first-order chi connectivity index (χ1) is 9.16. The van der Waals surface area contributed by atoms with Crippen molar-refractivity contribution in [2.24, 2.45) is 11.5 Å². The zero-order valence-corrected chi connectivity index (χ0v) is 10.7. The number of carboxylic acid groups (broad SMARTS) is 3. The van der Waals surface area contributed by atoms with Gasteiger partial charge in [0, 0.05) is 6.54 Å². The molecular formula is C10H18N4O6. The zero-order chi connectivity index (χ0) is 15.9. The van der Waals surface area contributed by atoms with Crippen LogP contribution in [0.1, 0.15) is 19.3 Å². The minimum atomic E-state index is -1.48. The van der Waals surface area contributed by atoms with Crippen LogP contribution in [0.3, 0.4) is 0 Å². The van der Waals surface area contributed by atoms with Crippen LogP contribution in [-0.2, 0) is 14.4 Å². The molecule has 0 unspecified atom stereocenters. The number of carboxylic acids is 3. The average Bonchev–Trinajstić information content (AvgIpc) is 2.30. The number of carbonyl (C=O) groups is 3. The third kappa shape index (κ3) is 6.00. The van der Waals surface area contributed by atoms with Gasteiger partial charge in [-0.15, -0.1) is 0 Å². The summed E-state index contributed by atoms with van der Waals surface area (Å²) in [5, 5.41) is 33.5. The van der Waals surface area contributed by atoms with Crippen LogP contribution >= 0.6 is 0 Å². The Kier molecular flexibility index (Phi) is 7.00. The van der Waals surface area contributed by atoms with Crippen molar-refractivity contribution in [3.8, 4) is 0 Å². The summed E-state index contributed by atoms with van der Waals surface area (Å²) in [6.45, 7) is -0.0689. The fraction of sp³-hybridized carbons (Fsp3) is 0.600. The van der Waals surface area contributed by atoms with Crippen molar-refractivity contribution >= 4 is 23.9 Å². The fourth-order valence-electron chi connectivity index (χ4n) is 1.55. The van der Waals surface area contributed by atoms with Crippen LogP contribution in [0.25, 0.3) is 0 Å². The first-order valence-corrected chi connectivity index (χ1v) is 5.70. The normalized spacial score (nSPS) is 13.2. The highest BCUT2D eigenvalue weighted by molar-refractivity contribution is 5.86. The summed E-state index contributed by atoms with van der Waals surface area (Å²) in [4.78, 5) is 33.0. The lowest BCUT2D eigenvalue weighted by molar-refractivity contribution is -0.148. The molecule has 0 radical (unpaired) electrons. The molecule has 114 valence electrons. The molecule has 0 aliphatic heterocycles. The van der Waals surface area contributed by atoms with Crippen LogP contribution in [0.5, 0.6) is 0 Å². The van der Waals surface area contributed by atoms with Gasteiger partial charge in [-0.05, 0) is 12.8 Å². The van der Waals surface area contributed by atoms with Crippen molar-refractivity contribution in [3.05, 3.63) is 0 Å². The molecule has 0 saturated heterocycles. The van der Waals surface area contributed by atoms with Gasteiger partial charge in [-0.25, -0.2) is 4.79 Å². The molecule has 0 aromatic carbocycles. The molecule has 8 N–H and O–H groups in total. The SMILES string of the molecule is N=C(N)N(CCC[C@H](N)C(=O)O)[C@@H](CC(=O)O)C(=O)O. The number of guanidine groups is 1. The highest BCUT2D eigenvalue weighted by atomic mass is 16.4. The highest BCUT2D eigenvalue weighted by Crippen LogP contribution is 2.08. The maximum absolute atomic E-state index is 11.0. The van der Waals surface area contributed by atoms with Crippen LogP contribution in [0.4, 0.5) is 0 Å². The Labute approximate surface area is 114 Å². The van der Waals surface area contributed by atoms with Crippen molar-refractivity contribution in [3.63, 3.8) is 0 Å². The number of aliphatic carboxylic acids is 3. The minimum Gasteiger partial charge on any atom is -0.481 e.